The Labute approximate surface area is 141 Å². The van der Waals surface area contributed by atoms with Gasteiger partial charge in [0.2, 0.25) is 0 Å². The van der Waals surface area contributed by atoms with Gasteiger partial charge in [-0.15, -0.1) is 0 Å². The van der Waals surface area contributed by atoms with Crippen LogP contribution in [0.25, 0.3) is 0 Å². The summed E-state index contributed by atoms with van der Waals surface area (Å²) < 4.78 is 24.4. The van der Waals surface area contributed by atoms with Crippen molar-refractivity contribution in [2.24, 2.45) is 0 Å². The molecule has 0 fully saturated rings. The van der Waals surface area contributed by atoms with Crippen molar-refractivity contribution in [1.29, 1.82) is 0 Å². The van der Waals surface area contributed by atoms with E-state index in [4.69, 9.17) is 9.47 Å². The van der Waals surface area contributed by atoms with Crippen molar-refractivity contribution in [2.75, 3.05) is 7.05 Å². The number of ether oxygens (including phenoxy) is 2. The van der Waals surface area contributed by atoms with Crippen molar-refractivity contribution in [3.63, 3.8) is 0 Å². The lowest BCUT2D eigenvalue weighted by atomic mass is 10.2. The molecule has 0 aliphatic heterocycles. The molecule has 1 aromatic carbocycles. The van der Waals surface area contributed by atoms with Gasteiger partial charge in [0.15, 0.2) is 5.88 Å². The lowest BCUT2D eigenvalue weighted by Gasteiger charge is -2.24. The summed E-state index contributed by atoms with van der Waals surface area (Å²) in [7, 11) is 1.67. The highest BCUT2D eigenvalue weighted by molar-refractivity contribution is 5.67. The molecule has 0 aliphatic carbocycles. The Morgan fingerprint density at radius 3 is 2.67 bits per heavy atom. The standard InChI is InChI=1S/C18H23FN2O3/c1-18(2,3)24-17(22)21(4)11-13-9-16(20-10-13)23-12-14-7-5-6-8-15(14)19/h5-10,20H,11-12H2,1-4H3. The van der Waals surface area contributed by atoms with Crippen LogP contribution in [0.2, 0.25) is 0 Å². The first-order valence-corrected chi connectivity index (χ1v) is 7.72. The predicted molar refractivity (Wildman–Crippen MR) is 89.2 cm³/mol. The lowest BCUT2D eigenvalue weighted by Crippen LogP contribution is -2.33. The average molecular weight is 334 g/mol. The molecule has 24 heavy (non-hydrogen) atoms. The fraction of sp³-hybridized carbons (Fsp3) is 0.389. The molecular formula is C18H23FN2O3. The van der Waals surface area contributed by atoms with Crippen molar-refractivity contribution in [3.8, 4) is 5.88 Å². The topological polar surface area (TPSA) is 54.6 Å². The molecule has 130 valence electrons. The summed E-state index contributed by atoms with van der Waals surface area (Å²) in [5.41, 5.74) is 0.823. The molecule has 2 rings (SSSR count). The van der Waals surface area contributed by atoms with Gasteiger partial charge in [-0.3, -0.25) is 0 Å². The normalized spacial score (nSPS) is 11.2. The summed E-state index contributed by atoms with van der Waals surface area (Å²) in [6.07, 6.45) is 1.36. The second-order valence-corrected chi connectivity index (χ2v) is 6.59. The van der Waals surface area contributed by atoms with Crippen LogP contribution in [0.1, 0.15) is 31.9 Å². The zero-order valence-corrected chi connectivity index (χ0v) is 14.4. The minimum Gasteiger partial charge on any atom is -0.474 e. The van der Waals surface area contributed by atoms with Crippen LogP contribution < -0.4 is 4.74 Å². The van der Waals surface area contributed by atoms with Crippen molar-refractivity contribution >= 4 is 6.09 Å². The third-order valence-corrected chi connectivity index (χ3v) is 3.18. The van der Waals surface area contributed by atoms with E-state index in [2.05, 4.69) is 4.98 Å². The monoisotopic (exact) mass is 334 g/mol. The van der Waals surface area contributed by atoms with Gasteiger partial charge < -0.3 is 19.4 Å². The fourth-order valence-electron chi connectivity index (χ4n) is 2.04. The maximum Gasteiger partial charge on any atom is 0.410 e. The molecule has 1 amide bonds. The summed E-state index contributed by atoms with van der Waals surface area (Å²) in [6.45, 7) is 5.99. The third kappa shape index (κ3) is 5.30. The van der Waals surface area contributed by atoms with Crippen LogP contribution in [0.15, 0.2) is 36.5 Å². The van der Waals surface area contributed by atoms with Gasteiger partial charge in [-0.05, 0) is 32.4 Å². The first-order chi connectivity index (χ1) is 11.2. The van der Waals surface area contributed by atoms with E-state index in [1.165, 1.54) is 11.0 Å². The first kappa shape index (κ1) is 17.8. The van der Waals surface area contributed by atoms with Crippen molar-refractivity contribution in [2.45, 2.75) is 39.5 Å². The Balaban J connectivity index is 1.89. The highest BCUT2D eigenvalue weighted by atomic mass is 19.1. The van der Waals surface area contributed by atoms with Crippen LogP contribution in [0, 0.1) is 5.82 Å². The van der Waals surface area contributed by atoms with Crippen LogP contribution in [0.5, 0.6) is 5.88 Å². The second kappa shape index (κ2) is 7.38. The molecular weight excluding hydrogens is 311 g/mol. The molecule has 0 radical (unpaired) electrons. The SMILES string of the molecule is CN(Cc1c[nH]c(OCc2ccccc2F)c1)C(=O)OC(C)(C)C. The van der Waals surface area contributed by atoms with Gasteiger partial charge in [-0.2, -0.15) is 0 Å². The van der Waals surface area contributed by atoms with Gasteiger partial charge in [0.05, 0.1) is 6.54 Å². The number of nitrogens with one attached hydrogen (secondary N) is 1. The molecule has 0 bridgehead atoms. The summed E-state index contributed by atoms with van der Waals surface area (Å²) in [5.74, 6) is 0.222. The molecule has 0 unspecified atom stereocenters. The molecule has 1 aromatic heterocycles. The van der Waals surface area contributed by atoms with Crippen LogP contribution >= 0.6 is 0 Å². The first-order valence-electron chi connectivity index (χ1n) is 7.72. The summed E-state index contributed by atoms with van der Waals surface area (Å²) >= 11 is 0. The van der Waals surface area contributed by atoms with E-state index < -0.39 is 11.7 Å². The van der Waals surface area contributed by atoms with Crippen LogP contribution in [0.3, 0.4) is 0 Å². The molecule has 2 aromatic rings. The lowest BCUT2D eigenvalue weighted by molar-refractivity contribution is 0.0285. The van der Waals surface area contributed by atoms with Gasteiger partial charge in [0.1, 0.15) is 18.0 Å². The number of amides is 1. The summed E-state index contributed by atoms with van der Waals surface area (Å²) in [6, 6.07) is 8.25. The number of aromatic nitrogens is 1. The average Bonchev–Trinajstić information content (AvgIpc) is 2.92. The minimum absolute atomic E-state index is 0.133. The number of hydrogen-bond donors (Lipinski definition) is 1. The number of aromatic amines is 1. The van der Waals surface area contributed by atoms with E-state index >= 15 is 0 Å². The Morgan fingerprint density at radius 1 is 1.29 bits per heavy atom. The highest BCUT2D eigenvalue weighted by Gasteiger charge is 2.19. The number of rotatable bonds is 5. The maximum absolute atomic E-state index is 13.5. The van der Waals surface area contributed by atoms with E-state index in [1.54, 1.807) is 37.5 Å². The number of benzene rings is 1. The van der Waals surface area contributed by atoms with E-state index in [1.807, 2.05) is 20.8 Å². The smallest absolute Gasteiger partial charge is 0.410 e. The highest BCUT2D eigenvalue weighted by Crippen LogP contribution is 2.17. The number of nitrogens with zero attached hydrogens (tertiary/aromatic N) is 1. The Morgan fingerprint density at radius 2 is 2.00 bits per heavy atom. The second-order valence-electron chi connectivity index (χ2n) is 6.59. The van der Waals surface area contributed by atoms with Crippen molar-refractivity contribution < 1.29 is 18.7 Å². The number of hydrogen-bond acceptors (Lipinski definition) is 3. The van der Waals surface area contributed by atoms with Crippen molar-refractivity contribution in [3.05, 3.63) is 53.5 Å². The van der Waals surface area contributed by atoms with E-state index in [-0.39, 0.29) is 12.4 Å². The third-order valence-electron chi connectivity index (χ3n) is 3.18. The molecule has 0 atom stereocenters. The molecule has 1 N–H and O–H groups in total. The van der Waals surface area contributed by atoms with E-state index in [0.29, 0.717) is 18.0 Å². The quantitative estimate of drug-likeness (QED) is 0.895. The van der Waals surface area contributed by atoms with Crippen LogP contribution in [0.4, 0.5) is 9.18 Å². The van der Waals surface area contributed by atoms with Crippen molar-refractivity contribution in [1.82, 2.24) is 9.88 Å². The van der Waals surface area contributed by atoms with Gasteiger partial charge >= 0.3 is 6.09 Å². The molecule has 5 nitrogen and oxygen atoms in total. The zero-order valence-electron chi connectivity index (χ0n) is 14.4. The van der Waals surface area contributed by atoms with E-state index in [9.17, 15) is 9.18 Å². The number of carbonyl (C=O) groups excluding carboxylic acids is 1. The van der Waals surface area contributed by atoms with Gasteiger partial charge in [-0.1, -0.05) is 18.2 Å². The molecule has 0 aliphatic rings. The van der Waals surface area contributed by atoms with Gasteiger partial charge in [0, 0.05) is 24.9 Å². The van der Waals surface area contributed by atoms with E-state index in [0.717, 1.165) is 5.56 Å². The maximum atomic E-state index is 13.5. The molecule has 0 saturated heterocycles. The summed E-state index contributed by atoms with van der Waals surface area (Å²) in [4.78, 5) is 16.4. The molecule has 6 heteroatoms. The Bertz CT molecular complexity index is 692. The molecule has 0 saturated carbocycles. The van der Waals surface area contributed by atoms with Crippen LogP contribution in [-0.4, -0.2) is 28.6 Å². The fourth-order valence-corrected chi connectivity index (χ4v) is 2.04. The minimum atomic E-state index is -0.530. The zero-order chi connectivity index (χ0) is 17.7. The number of halogens is 1. The number of carbonyl (C=O) groups is 1. The van der Waals surface area contributed by atoms with Gasteiger partial charge in [-0.25, -0.2) is 9.18 Å². The molecule has 1 heterocycles. The largest absolute Gasteiger partial charge is 0.474 e. The Kier molecular flexibility index (Phi) is 5.49. The summed E-state index contributed by atoms with van der Waals surface area (Å²) in [5, 5.41) is 0. The Hall–Kier alpha value is -2.50. The van der Waals surface area contributed by atoms with Crippen LogP contribution in [-0.2, 0) is 17.9 Å². The number of H-pyrrole nitrogens is 1. The predicted octanol–water partition coefficient (Wildman–Crippen LogP) is 4.10. The van der Waals surface area contributed by atoms with Gasteiger partial charge in [0.25, 0.3) is 0 Å². The molecule has 0 spiro atoms.